The van der Waals surface area contributed by atoms with Crippen LogP contribution in [0.15, 0.2) is 0 Å². The van der Waals surface area contributed by atoms with Gasteiger partial charge in [0.25, 0.3) is 0 Å². The maximum absolute atomic E-state index is 13.4. The Morgan fingerprint density at radius 3 is 1.72 bits per heavy atom. The van der Waals surface area contributed by atoms with Gasteiger partial charge in [-0.2, -0.15) is 0 Å². The van der Waals surface area contributed by atoms with Crippen LogP contribution in [0.1, 0.15) is 59.3 Å². The molecule has 0 aromatic rings. The second-order valence-corrected chi connectivity index (χ2v) is 5.25. The van der Waals surface area contributed by atoms with Crippen LogP contribution in [0, 0.1) is 5.92 Å². The lowest BCUT2D eigenvalue weighted by atomic mass is 9.98. The van der Waals surface area contributed by atoms with Crippen molar-refractivity contribution in [1.29, 1.82) is 0 Å². The highest BCUT2D eigenvalue weighted by molar-refractivity contribution is 4.72. The minimum Gasteiger partial charge on any atom is -0.245 e. The summed E-state index contributed by atoms with van der Waals surface area (Å²) in [5.74, 6) is 0.526. The molecule has 0 rings (SSSR count). The molecule has 0 amide bonds. The highest BCUT2D eigenvalue weighted by Crippen LogP contribution is 2.21. The molecule has 5 atom stereocenters. The van der Waals surface area contributed by atoms with Crippen molar-refractivity contribution < 1.29 is 17.6 Å². The van der Waals surface area contributed by atoms with Gasteiger partial charge in [-0.1, -0.05) is 33.1 Å². The van der Waals surface area contributed by atoms with Crippen LogP contribution >= 0.6 is 0 Å². The zero-order valence-electron chi connectivity index (χ0n) is 11.6. The Morgan fingerprint density at radius 2 is 1.22 bits per heavy atom. The summed E-state index contributed by atoms with van der Waals surface area (Å²) in [5.41, 5.74) is 0. The van der Waals surface area contributed by atoms with Crippen molar-refractivity contribution in [1.82, 2.24) is 0 Å². The molecule has 0 aliphatic carbocycles. The summed E-state index contributed by atoms with van der Waals surface area (Å²) in [7, 11) is 0. The molecule has 0 fully saturated rings. The lowest BCUT2D eigenvalue weighted by Gasteiger charge is -2.16. The fourth-order valence-electron chi connectivity index (χ4n) is 1.78. The summed E-state index contributed by atoms with van der Waals surface area (Å²) in [6, 6.07) is 0. The van der Waals surface area contributed by atoms with E-state index in [-0.39, 0.29) is 19.3 Å². The molecule has 0 spiro atoms. The molecule has 0 aliphatic rings. The Bertz CT molecular complexity index is 196. The minimum atomic E-state index is -1.68. The molecule has 0 radical (unpaired) electrons. The van der Waals surface area contributed by atoms with Gasteiger partial charge < -0.3 is 0 Å². The summed E-state index contributed by atoms with van der Waals surface area (Å²) in [6.07, 6.45) is -4.25. The molecule has 110 valence electrons. The predicted molar refractivity (Wildman–Crippen MR) is 67.8 cm³/mol. The lowest BCUT2D eigenvalue weighted by molar-refractivity contribution is 0.114. The average Bonchev–Trinajstić information content (AvgIpc) is 2.34. The van der Waals surface area contributed by atoms with E-state index in [1.807, 2.05) is 0 Å². The fraction of sp³-hybridized carbons (Fsp3) is 1.00. The first-order valence-electron chi connectivity index (χ1n) is 6.94. The van der Waals surface area contributed by atoms with Crippen LogP contribution in [0.3, 0.4) is 0 Å². The SMILES string of the molecule is CCC(C)CCCC(F)C(F)CCC(F)C(C)F. The van der Waals surface area contributed by atoms with Crippen LogP contribution < -0.4 is 0 Å². The third-order valence-electron chi connectivity index (χ3n) is 3.48. The van der Waals surface area contributed by atoms with E-state index in [2.05, 4.69) is 13.8 Å². The molecule has 0 heterocycles. The normalized spacial score (nSPS) is 20.2. The van der Waals surface area contributed by atoms with E-state index in [0.29, 0.717) is 12.3 Å². The Morgan fingerprint density at radius 1 is 0.722 bits per heavy atom. The van der Waals surface area contributed by atoms with Gasteiger partial charge in [-0.05, 0) is 32.1 Å². The molecule has 0 saturated heterocycles. The van der Waals surface area contributed by atoms with E-state index >= 15 is 0 Å². The standard InChI is InChI=1S/C14H26F4/c1-4-10(2)6-5-7-13(17)14(18)9-8-12(16)11(3)15/h10-14H,4-9H2,1-3H3. The molecule has 4 heteroatoms. The van der Waals surface area contributed by atoms with E-state index in [1.165, 1.54) is 0 Å². The van der Waals surface area contributed by atoms with Crippen LogP contribution in [0.2, 0.25) is 0 Å². The Labute approximate surface area is 108 Å². The zero-order chi connectivity index (χ0) is 14.1. The molecule has 18 heavy (non-hydrogen) atoms. The van der Waals surface area contributed by atoms with E-state index in [0.717, 1.165) is 19.8 Å². The Hall–Kier alpha value is -0.280. The molecular formula is C14H26F4. The number of hydrogen-bond acceptors (Lipinski definition) is 0. The lowest BCUT2D eigenvalue weighted by Crippen LogP contribution is -2.21. The van der Waals surface area contributed by atoms with Crippen molar-refractivity contribution in [2.75, 3.05) is 0 Å². The van der Waals surface area contributed by atoms with Crippen LogP contribution in [-0.2, 0) is 0 Å². The van der Waals surface area contributed by atoms with Crippen molar-refractivity contribution in [3.63, 3.8) is 0 Å². The van der Waals surface area contributed by atoms with Crippen molar-refractivity contribution in [2.24, 2.45) is 5.92 Å². The minimum absolute atomic E-state index is 0.174. The van der Waals surface area contributed by atoms with Crippen LogP contribution in [0.5, 0.6) is 0 Å². The van der Waals surface area contributed by atoms with Gasteiger partial charge in [-0.3, -0.25) is 0 Å². The van der Waals surface area contributed by atoms with Gasteiger partial charge in [0.1, 0.15) is 24.7 Å². The number of alkyl halides is 4. The number of rotatable bonds is 10. The summed E-state index contributed by atoms with van der Waals surface area (Å²) < 4.78 is 52.1. The molecule has 0 aromatic heterocycles. The largest absolute Gasteiger partial charge is 0.245 e. The Kier molecular flexibility index (Phi) is 9.47. The zero-order valence-corrected chi connectivity index (χ0v) is 11.6. The highest BCUT2D eigenvalue weighted by Gasteiger charge is 2.23. The van der Waals surface area contributed by atoms with Crippen molar-refractivity contribution in [3.05, 3.63) is 0 Å². The molecule has 0 aromatic carbocycles. The molecule has 5 unspecified atom stereocenters. The summed E-state index contributed by atoms with van der Waals surface area (Å²) in [5, 5.41) is 0. The first-order chi connectivity index (χ1) is 8.38. The third kappa shape index (κ3) is 7.93. The average molecular weight is 270 g/mol. The van der Waals surface area contributed by atoms with E-state index < -0.39 is 24.7 Å². The highest BCUT2D eigenvalue weighted by atomic mass is 19.2. The molecule has 0 nitrogen and oxygen atoms in total. The van der Waals surface area contributed by atoms with E-state index in [4.69, 9.17) is 0 Å². The van der Waals surface area contributed by atoms with Crippen LogP contribution in [0.4, 0.5) is 17.6 Å². The summed E-state index contributed by atoms with van der Waals surface area (Å²) in [4.78, 5) is 0. The number of hydrogen-bond donors (Lipinski definition) is 0. The topological polar surface area (TPSA) is 0 Å². The first kappa shape index (κ1) is 17.7. The van der Waals surface area contributed by atoms with Crippen LogP contribution in [-0.4, -0.2) is 24.7 Å². The molecule has 0 saturated carbocycles. The van der Waals surface area contributed by atoms with E-state index in [9.17, 15) is 17.6 Å². The summed E-state index contributed by atoms with van der Waals surface area (Å²) in [6.45, 7) is 5.24. The van der Waals surface area contributed by atoms with E-state index in [1.54, 1.807) is 0 Å². The van der Waals surface area contributed by atoms with Crippen molar-refractivity contribution in [3.8, 4) is 0 Å². The summed E-state index contributed by atoms with van der Waals surface area (Å²) >= 11 is 0. The van der Waals surface area contributed by atoms with Gasteiger partial charge in [-0.25, -0.2) is 17.6 Å². The van der Waals surface area contributed by atoms with Crippen molar-refractivity contribution in [2.45, 2.75) is 84.0 Å². The maximum atomic E-state index is 13.4. The smallest absolute Gasteiger partial charge is 0.131 e. The van der Waals surface area contributed by atoms with Gasteiger partial charge in [-0.15, -0.1) is 0 Å². The molecular weight excluding hydrogens is 244 g/mol. The van der Waals surface area contributed by atoms with Gasteiger partial charge in [0.2, 0.25) is 0 Å². The molecule has 0 aliphatic heterocycles. The van der Waals surface area contributed by atoms with Gasteiger partial charge in [0.05, 0.1) is 0 Å². The maximum Gasteiger partial charge on any atom is 0.131 e. The van der Waals surface area contributed by atoms with Crippen LogP contribution in [0.25, 0.3) is 0 Å². The van der Waals surface area contributed by atoms with Gasteiger partial charge in [0.15, 0.2) is 0 Å². The van der Waals surface area contributed by atoms with Gasteiger partial charge >= 0.3 is 0 Å². The molecule has 0 N–H and O–H groups in total. The second kappa shape index (κ2) is 9.62. The fourth-order valence-corrected chi connectivity index (χ4v) is 1.78. The Balaban J connectivity index is 3.72. The predicted octanol–water partition coefficient (Wildman–Crippen LogP) is 5.36. The first-order valence-corrected chi connectivity index (χ1v) is 6.94. The second-order valence-electron chi connectivity index (χ2n) is 5.25. The molecule has 0 bridgehead atoms. The van der Waals surface area contributed by atoms with Gasteiger partial charge in [0, 0.05) is 0 Å². The quantitative estimate of drug-likeness (QED) is 0.469. The van der Waals surface area contributed by atoms with Crippen molar-refractivity contribution >= 4 is 0 Å². The third-order valence-corrected chi connectivity index (χ3v) is 3.48. The monoisotopic (exact) mass is 270 g/mol. The number of halogens is 4.